The fourth-order valence-electron chi connectivity index (χ4n) is 1.38. The van der Waals surface area contributed by atoms with Crippen molar-refractivity contribution in [2.75, 3.05) is 34.3 Å². The Morgan fingerprint density at radius 3 is 2.76 bits per heavy atom. The van der Waals surface area contributed by atoms with Gasteiger partial charge >= 0.3 is 0 Å². The minimum absolute atomic E-state index is 0.129. The van der Waals surface area contributed by atoms with E-state index in [2.05, 4.69) is 21.2 Å². The Morgan fingerprint density at radius 1 is 1.47 bits per heavy atom. The molecule has 1 amide bonds. The van der Waals surface area contributed by atoms with Crippen LogP contribution in [0.3, 0.4) is 0 Å². The van der Waals surface area contributed by atoms with Crippen LogP contribution in [0.25, 0.3) is 0 Å². The lowest BCUT2D eigenvalue weighted by atomic mass is 10.2. The molecule has 0 saturated carbocycles. The molecule has 0 spiro atoms. The average molecular weight is 301 g/mol. The molecule has 5 heteroatoms. The monoisotopic (exact) mass is 300 g/mol. The molecule has 0 unspecified atom stereocenters. The number of hydrogen-bond donors (Lipinski definition) is 1. The van der Waals surface area contributed by atoms with E-state index in [-0.39, 0.29) is 5.91 Å². The Morgan fingerprint density at radius 2 is 2.18 bits per heavy atom. The number of nitrogens with zero attached hydrogens (tertiary/aromatic N) is 1. The van der Waals surface area contributed by atoms with Crippen molar-refractivity contribution in [1.82, 2.24) is 10.2 Å². The van der Waals surface area contributed by atoms with E-state index < -0.39 is 0 Å². The normalized spacial score (nSPS) is 10.4. The van der Waals surface area contributed by atoms with Crippen molar-refractivity contribution in [3.8, 4) is 5.75 Å². The van der Waals surface area contributed by atoms with E-state index >= 15 is 0 Å². The number of ether oxygens (including phenoxy) is 1. The lowest BCUT2D eigenvalue weighted by Crippen LogP contribution is -2.31. The van der Waals surface area contributed by atoms with E-state index in [1.54, 1.807) is 13.2 Å². The number of amides is 1. The molecule has 0 heterocycles. The predicted molar refractivity (Wildman–Crippen MR) is 71.6 cm³/mol. The minimum Gasteiger partial charge on any atom is -0.496 e. The van der Waals surface area contributed by atoms with Crippen molar-refractivity contribution in [1.29, 1.82) is 0 Å². The summed E-state index contributed by atoms with van der Waals surface area (Å²) in [7, 11) is 5.48. The van der Waals surface area contributed by atoms with Gasteiger partial charge in [-0.1, -0.05) is 6.07 Å². The van der Waals surface area contributed by atoms with Gasteiger partial charge in [0.25, 0.3) is 5.91 Å². The molecule has 0 radical (unpaired) electrons. The van der Waals surface area contributed by atoms with Crippen LogP contribution in [0, 0.1) is 0 Å². The second-order valence-corrected chi connectivity index (χ2v) is 4.73. The summed E-state index contributed by atoms with van der Waals surface area (Å²) in [5.41, 5.74) is 0.536. The highest BCUT2D eigenvalue weighted by molar-refractivity contribution is 9.10. The smallest absolute Gasteiger partial charge is 0.256 e. The molecule has 94 valence electrons. The molecule has 0 aliphatic heterocycles. The van der Waals surface area contributed by atoms with Crippen LogP contribution in [0.1, 0.15) is 10.4 Å². The lowest BCUT2D eigenvalue weighted by molar-refractivity contribution is 0.0947. The largest absolute Gasteiger partial charge is 0.496 e. The van der Waals surface area contributed by atoms with E-state index in [1.165, 1.54) is 0 Å². The van der Waals surface area contributed by atoms with Crippen molar-refractivity contribution < 1.29 is 9.53 Å². The predicted octanol–water partition coefficient (Wildman–Crippen LogP) is 1.75. The molecule has 0 bridgehead atoms. The fourth-order valence-corrected chi connectivity index (χ4v) is 1.90. The van der Waals surface area contributed by atoms with Gasteiger partial charge in [-0.2, -0.15) is 0 Å². The van der Waals surface area contributed by atoms with E-state index in [4.69, 9.17) is 4.74 Å². The second-order valence-electron chi connectivity index (χ2n) is 3.88. The number of nitrogens with one attached hydrogen (secondary N) is 1. The lowest BCUT2D eigenvalue weighted by Gasteiger charge is -2.13. The molecule has 0 fully saturated rings. The summed E-state index contributed by atoms with van der Waals surface area (Å²) in [5, 5.41) is 2.86. The van der Waals surface area contributed by atoms with E-state index in [1.807, 2.05) is 31.1 Å². The van der Waals surface area contributed by atoms with Crippen LogP contribution >= 0.6 is 15.9 Å². The highest BCUT2D eigenvalue weighted by Crippen LogP contribution is 2.26. The Balaban J connectivity index is 2.74. The van der Waals surface area contributed by atoms with Crippen molar-refractivity contribution in [3.05, 3.63) is 28.2 Å². The maximum absolute atomic E-state index is 12.0. The van der Waals surface area contributed by atoms with Gasteiger partial charge in [0.1, 0.15) is 5.75 Å². The summed E-state index contributed by atoms with van der Waals surface area (Å²) < 4.78 is 5.91. The van der Waals surface area contributed by atoms with Crippen molar-refractivity contribution >= 4 is 21.8 Å². The van der Waals surface area contributed by atoms with E-state index in [0.29, 0.717) is 17.9 Å². The SMILES string of the molecule is COc1cccc(Br)c1C(=O)NCCN(C)C. The highest BCUT2D eigenvalue weighted by Gasteiger charge is 2.15. The van der Waals surface area contributed by atoms with Crippen LogP contribution < -0.4 is 10.1 Å². The third-order valence-electron chi connectivity index (χ3n) is 2.27. The maximum Gasteiger partial charge on any atom is 0.256 e. The topological polar surface area (TPSA) is 41.6 Å². The van der Waals surface area contributed by atoms with Gasteiger partial charge in [0.15, 0.2) is 0 Å². The number of hydrogen-bond acceptors (Lipinski definition) is 3. The first-order valence-electron chi connectivity index (χ1n) is 5.31. The van der Waals surface area contributed by atoms with Gasteiger partial charge in [-0.05, 0) is 42.2 Å². The third kappa shape index (κ3) is 4.02. The van der Waals surface area contributed by atoms with Gasteiger partial charge in [0.2, 0.25) is 0 Å². The number of rotatable bonds is 5. The van der Waals surface area contributed by atoms with Crippen LogP contribution in [0.4, 0.5) is 0 Å². The summed E-state index contributed by atoms with van der Waals surface area (Å²) in [6, 6.07) is 5.43. The second kappa shape index (κ2) is 6.61. The molecule has 4 nitrogen and oxygen atoms in total. The van der Waals surface area contributed by atoms with Crippen LogP contribution in [-0.2, 0) is 0 Å². The molecule has 1 rings (SSSR count). The summed E-state index contributed by atoms with van der Waals surface area (Å²) in [5.74, 6) is 0.443. The van der Waals surface area contributed by atoms with Crippen LogP contribution in [0.2, 0.25) is 0 Å². The summed E-state index contributed by atoms with van der Waals surface area (Å²) >= 11 is 3.36. The highest BCUT2D eigenvalue weighted by atomic mass is 79.9. The van der Waals surface area contributed by atoms with Gasteiger partial charge in [-0.15, -0.1) is 0 Å². The number of methoxy groups -OCH3 is 1. The summed E-state index contributed by atoms with van der Waals surface area (Å²) in [6.45, 7) is 1.41. The van der Waals surface area contributed by atoms with Crippen molar-refractivity contribution in [2.45, 2.75) is 0 Å². The van der Waals surface area contributed by atoms with E-state index in [0.717, 1.165) is 11.0 Å². The van der Waals surface area contributed by atoms with Gasteiger partial charge in [0.05, 0.1) is 12.7 Å². The zero-order valence-corrected chi connectivity index (χ0v) is 11.9. The minimum atomic E-state index is -0.129. The molecule has 0 aliphatic rings. The van der Waals surface area contributed by atoms with Gasteiger partial charge in [-0.3, -0.25) is 4.79 Å². The molecule has 0 aromatic heterocycles. The fraction of sp³-hybridized carbons (Fsp3) is 0.417. The zero-order chi connectivity index (χ0) is 12.8. The first-order valence-corrected chi connectivity index (χ1v) is 6.11. The Bertz CT molecular complexity index is 394. The van der Waals surface area contributed by atoms with Crippen LogP contribution in [0.5, 0.6) is 5.75 Å². The average Bonchev–Trinajstić information content (AvgIpc) is 2.27. The van der Waals surface area contributed by atoms with Gasteiger partial charge in [0, 0.05) is 17.6 Å². The molecular weight excluding hydrogens is 284 g/mol. The van der Waals surface area contributed by atoms with Crippen molar-refractivity contribution in [3.63, 3.8) is 0 Å². The maximum atomic E-state index is 12.0. The number of benzene rings is 1. The Hall–Kier alpha value is -1.07. The Kier molecular flexibility index (Phi) is 5.44. The molecular formula is C12H17BrN2O2. The van der Waals surface area contributed by atoms with E-state index in [9.17, 15) is 4.79 Å². The van der Waals surface area contributed by atoms with Crippen LogP contribution in [-0.4, -0.2) is 45.1 Å². The van der Waals surface area contributed by atoms with Gasteiger partial charge in [-0.25, -0.2) is 0 Å². The molecule has 1 aromatic rings. The molecule has 1 aromatic carbocycles. The van der Waals surface area contributed by atoms with Gasteiger partial charge < -0.3 is 15.0 Å². The standard InChI is InChI=1S/C12H17BrN2O2/c1-15(2)8-7-14-12(16)11-9(13)5-4-6-10(11)17-3/h4-6H,7-8H2,1-3H3,(H,14,16). The first kappa shape index (κ1) is 14.0. The number of carbonyl (C=O) groups is 1. The molecule has 0 atom stereocenters. The van der Waals surface area contributed by atoms with Crippen LogP contribution in [0.15, 0.2) is 22.7 Å². The zero-order valence-electron chi connectivity index (χ0n) is 10.3. The number of likely N-dealkylation sites (N-methyl/N-ethyl adjacent to an activating group) is 1. The third-order valence-corrected chi connectivity index (χ3v) is 2.93. The van der Waals surface area contributed by atoms with Crippen molar-refractivity contribution in [2.24, 2.45) is 0 Å². The Labute approximate surface area is 110 Å². The number of carbonyl (C=O) groups excluding carboxylic acids is 1. The molecule has 17 heavy (non-hydrogen) atoms. The summed E-state index contributed by atoms with van der Waals surface area (Å²) in [4.78, 5) is 14.0. The molecule has 0 saturated heterocycles. The number of halogens is 1. The first-order chi connectivity index (χ1) is 8.06. The quantitative estimate of drug-likeness (QED) is 0.901. The molecule has 1 N–H and O–H groups in total. The molecule has 0 aliphatic carbocycles. The summed E-state index contributed by atoms with van der Waals surface area (Å²) in [6.07, 6.45) is 0.